The van der Waals surface area contributed by atoms with Gasteiger partial charge in [0.05, 0.1) is 5.69 Å². The number of benzene rings is 2. The minimum Gasteiger partial charge on any atom is -0.369 e. The van der Waals surface area contributed by atoms with Crippen molar-refractivity contribution in [1.29, 1.82) is 0 Å². The van der Waals surface area contributed by atoms with Gasteiger partial charge in [0.2, 0.25) is 0 Å². The molecule has 0 spiro atoms. The Bertz CT molecular complexity index is 635. The smallest absolute Gasteiger partial charge is 0.149 e. The van der Waals surface area contributed by atoms with Gasteiger partial charge in [-0.1, -0.05) is 0 Å². The van der Waals surface area contributed by atoms with Gasteiger partial charge in [0.25, 0.3) is 0 Å². The van der Waals surface area contributed by atoms with Crippen LogP contribution in [0.15, 0.2) is 42.5 Å². The van der Waals surface area contributed by atoms with Gasteiger partial charge in [-0.3, -0.25) is 0 Å². The summed E-state index contributed by atoms with van der Waals surface area (Å²) in [6.45, 7) is 4.13. The predicted molar refractivity (Wildman–Crippen MR) is 85.8 cm³/mol. The molecule has 0 aromatic heterocycles. The molecule has 0 bridgehead atoms. The zero-order chi connectivity index (χ0) is 15.5. The van der Waals surface area contributed by atoms with E-state index in [0.717, 1.165) is 37.9 Å². The molecular formula is C17H19F2N3. The van der Waals surface area contributed by atoms with Crippen molar-refractivity contribution in [2.24, 2.45) is 0 Å². The summed E-state index contributed by atoms with van der Waals surface area (Å²) in [6, 6.07) is 11.4. The molecule has 5 heteroatoms. The van der Waals surface area contributed by atoms with Gasteiger partial charge in [-0.25, -0.2) is 8.78 Å². The molecule has 1 heterocycles. The Morgan fingerprint density at radius 3 is 2.23 bits per heavy atom. The standard InChI is InChI=1S/C17H19F2N3/c1-21-8-10-22(11-9-21)15-5-3-14(4-6-15)20-17-7-2-13(18)12-16(17)19/h2-7,12,20H,8-11H2,1H3. The second-order valence-electron chi connectivity index (χ2n) is 5.59. The van der Waals surface area contributed by atoms with Gasteiger partial charge >= 0.3 is 0 Å². The number of hydrogen-bond acceptors (Lipinski definition) is 3. The van der Waals surface area contributed by atoms with Crippen LogP contribution in [-0.2, 0) is 0 Å². The van der Waals surface area contributed by atoms with Crippen molar-refractivity contribution >= 4 is 17.1 Å². The second kappa shape index (κ2) is 6.32. The number of piperazine rings is 1. The third kappa shape index (κ3) is 3.36. The molecule has 0 amide bonds. The molecule has 1 N–H and O–H groups in total. The quantitative estimate of drug-likeness (QED) is 0.937. The fourth-order valence-electron chi connectivity index (χ4n) is 2.57. The van der Waals surface area contributed by atoms with Crippen molar-refractivity contribution in [3.63, 3.8) is 0 Å². The molecule has 0 atom stereocenters. The van der Waals surface area contributed by atoms with Crippen molar-refractivity contribution in [2.45, 2.75) is 0 Å². The molecule has 2 aromatic carbocycles. The normalized spacial score (nSPS) is 15.9. The third-order valence-corrected chi connectivity index (χ3v) is 3.95. The highest BCUT2D eigenvalue weighted by atomic mass is 19.1. The molecule has 3 nitrogen and oxygen atoms in total. The van der Waals surface area contributed by atoms with E-state index in [-0.39, 0.29) is 5.69 Å². The zero-order valence-electron chi connectivity index (χ0n) is 12.5. The number of anilines is 3. The number of nitrogens with one attached hydrogen (secondary N) is 1. The summed E-state index contributed by atoms with van der Waals surface area (Å²) < 4.78 is 26.5. The Balaban J connectivity index is 1.69. The van der Waals surface area contributed by atoms with Crippen LogP contribution in [-0.4, -0.2) is 38.1 Å². The lowest BCUT2D eigenvalue weighted by Crippen LogP contribution is -2.44. The summed E-state index contributed by atoms with van der Waals surface area (Å²) in [5.41, 5.74) is 2.22. The lowest BCUT2D eigenvalue weighted by atomic mass is 10.2. The first-order chi connectivity index (χ1) is 10.6. The maximum atomic E-state index is 13.6. The van der Waals surface area contributed by atoms with E-state index in [1.165, 1.54) is 17.8 Å². The molecule has 1 saturated heterocycles. The first-order valence-corrected chi connectivity index (χ1v) is 7.37. The number of hydrogen-bond donors (Lipinski definition) is 1. The molecule has 22 heavy (non-hydrogen) atoms. The van der Waals surface area contributed by atoms with Gasteiger partial charge in [0.15, 0.2) is 0 Å². The van der Waals surface area contributed by atoms with Gasteiger partial charge in [-0.2, -0.15) is 0 Å². The van der Waals surface area contributed by atoms with E-state index in [4.69, 9.17) is 0 Å². The summed E-state index contributed by atoms with van der Waals surface area (Å²) in [4.78, 5) is 4.64. The topological polar surface area (TPSA) is 18.5 Å². The molecule has 0 aliphatic carbocycles. The monoisotopic (exact) mass is 303 g/mol. The van der Waals surface area contributed by atoms with E-state index in [9.17, 15) is 8.78 Å². The van der Waals surface area contributed by atoms with Gasteiger partial charge < -0.3 is 15.1 Å². The minimum atomic E-state index is -0.594. The van der Waals surface area contributed by atoms with Crippen molar-refractivity contribution in [3.05, 3.63) is 54.1 Å². The summed E-state index contributed by atoms with van der Waals surface area (Å²) in [5, 5.41) is 2.97. The molecule has 1 aliphatic rings. The van der Waals surface area contributed by atoms with Gasteiger partial charge in [-0.05, 0) is 43.4 Å². The zero-order valence-corrected chi connectivity index (χ0v) is 12.5. The van der Waals surface area contributed by atoms with Crippen LogP contribution in [0.1, 0.15) is 0 Å². The Morgan fingerprint density at radius 2 is 1.59 bits per heavy atom. The van der Waals surface area contributed by atoms with Crippen LogP contribution >= 0.6 is 0 Å². The molecule has 1 aliphatic heterocycles. The Hall–Kier alpha value is -2.14. The van der Waals surface area contributed by atoms with Crippen LogP contribution in [0.4, 0.5) is 25.8 Å². The largest absolute Gasteiger partial charge is 0.369 e. The van der Waals surface area contributed by atoms with Crippen molar-refractivity contribution in [2.75, 3.05) is 43.4 Å². The van der Waals surface area contributed by atoms with Crippen molar-refractivity contribution in [3.8, 4) is 0 Å². The van der Waals surface area contributed by atoms with E-state index in [2.05, 4.69) is 22.2 Å². The lowest BCUT2D eigenvalue weighted by Gasteiger charge is -2.34. The average Bonchev–Trinajstić information content (AvgIpc) is 2.52. The number of rotatable bonds is 3. The predicted octanol–water partition coefficient (Wildman–Crippen LogP) is 3.46. The SMILES string of the molecule is CN1CCN(c2ccc(Nc3ccc(F)cc3F)cc2)CC1. The molecule has 116 valence electrons. The maximum absolute atomic E-state index is 13.6. The second-order valence-corrected chi connectivity index (χ2v) is 5.59. The summed E-state index contributed by atoms with van der Waals surface area (Å²) in [5.74, 6) is -1.17. The van der Waals surface area contributed by atoms with E-state index in [1.807, 2.05) is 24.3 Å². The van der Waals surface area contributed by atoms with Crippen LogP contribution in [0, 0.1) is 11.6 Å². The van der Waals surface area contributed by atoms with Crippen LogP contribution in [0.5, 0.6) is 0 Å². The molecule has 2 aromatic rings. The van der Waals surface area contributed by atoms with Crippen LogP contribution in [0.2, 0.25) is 0 Å². The summed E-state index contributed by atoms with van der Waals surface area (Å²) in [6.07, 6.45) is 0. The van der Waals surface area contributed by atoms with Crippen molar-refractivity contribution in [1.82, 2.24) is 4.90 Å². The minimum absolute atomic E-state index is 0.272. The number of halogens is 2. The van der Waals surface area contributed by atoms with Gasteiger partial charge in [0, 0.05) is 43.6 Å². The van der Waals surface area contributed by atoms with Gasteiger partial charge in [0.1, 0.15) is 11.6 Å². The van der Waals surface area contributed by atoms with E-state index < -0.39 is 11.6 Å². The highest BCUT2D eigenvalue weighted by molar-refractivity contribution is 5.63. The number of likely N-dealkylation sites (N-methyl/N-ethyl adjacent to an activating group) is 1. The molecule has 0 saturated carbocycles. The first-order valence-electron chi connectivity index (χ1n) is 7.37. The summed E-state index contributed by atoms with van der Waals surface area (Å²) in [7, 11) is 2.13. The molecular weight excluding hydrogens is 284 g/mol. The Kier molecular flexibility index (Phi) is 4.24. The fraction of sp³-hybridized carbons (Fsp3) is 0.294. The van der Waals surface area contributed by atoms with Crippen LogP contribution in [0.3, 0.4) is 0 Å². The van der Waals surface area contributed by atoms with E-state index in [1.54, 1.807) is 0 Å². The van der Waals surface area contributed by atoms with Crippen LogP contribution in [0.25, 0.3) is 0 Å². The van der Waals surface area contributed by atoms with Gasteiger partial charge in [-0.15, -0.1) is 0 Å². The summed E-state index contributed by atoms with van der Waals surface area (Å²) >= 11 is 0. The Labute approximate surface area is 129 Å². The number of nitrogens with zero attached hydrogens (tertiary/aromatic N) is 2. The average molecular weight is 303 g/mol. The highest BCUT2D eigenvalue weighted by Crippen LogP contribution is 2.24. The van der Waals surface area contributed by atoms with E-state index >= 15 is 0 Å². The molecule has 0 radical (unpaired) electrons. The fourth-order valence-corrected chi connectivity index (χ4v) is 2.57. The lowest BCUT2D eigenvalue weighted by molar-refractivity contribution is 0.313. The maximum Gasteiger partial charge on any atom is 0.149 e. The first kappa shape index (κ1) is 14.8. The Morgan fingerprint density at radius 1 is 0.909 bits per heavy atom. The molecule has 3 rings (SSSR count). The third-order valence-electron chi connectivity index (χ3n) is 3.95. The molecule has 0 unspecified atom stereocenters. The molecule has 1 fully saturated rings. The van der Waals surface area contributed by atoms with E-state index in [0.29, 0.717) is 0 Å². The van der Waals surface area contributed by atoms with Crippen molar-refractivity contribution < 1.29 is 8.78 Å². The highest BCUT2D eigenvalue weighted by Gasteiger charge is 2.14. The van der Waals surface area contributed by atoms with Crippen LogP contribution < -0.4 is 10.2 Å².